The van der Waals surface area contributed by atoms with Gasteiger partial charge in [-0.2, -0.15) is 0 Å². The largest absolute Gasteiger partial charge is 0.466 e. The first-order valence-corrected chi connectivity index (χ1v) is 7.60. The van der Waals surface area contributed by atoms with Crippen molar-refractivity contribution in [3.63, 3.8) is 0 Å². The van der Waals surface area contributed by atoms with Crippen LogP contribution in [0.4, 0.5) is 0 Å². The molecular formula is C18H18N2O4. The molecule has 0 fully saturated rings. The number of amides is 1. The minimum absolute atomic E-state index is 0.0510. The van der Waals surface area contributed by atoms with Gasteiger partial charge in [0.05, 0.1) is 18.0 Å². The highest BCUT2D eigenvalue weighted by molar-refractivity contribution is 5.94. The topological polar surface area (TPSA) is 88.2 Å². The van der Waals surface area contributed by atoms with Gasteiger partial charge >= 0.3 is 0 Å². The highest BCUT2D eigenvalue weighted by Crippen LogP contribution is 2.21. The van der Waals surface area contributed by atoms with Crippen LogP contribution in [0.3, 0.4) is 0 Å². The van der Waals surface area contributed by atoms with Gasteiger partial charge in [0.2, 0.25) is 0 Å². The van der Waals surface area contributed by atoms with Crippen LogP contribution in [-0.2, 0) is 0 Å². The van der Waals surface area contributed by atoms with E-state index in [4.69, 9.17) is 8.83 Å². The maximum absolute atomic E-state index is 12.4. The molecule has 3 aromatic heterocycles. The van der Waals surface area contributed by atoms with E-state index >= 15 is 0 Å². The molecule has 3 rings (SSSR count). The number of carbonyl (C=O) groups is 1. The molecule has 24 heavy (non-hydrogen) atoms. The lowest BCUT2D eigenvalue weighted by Gasteiger charge is -2.13. The van der Waals surface area contributed by atoms with Crippen LogP contribution in [0.1, 0.15) is 40.4 Å². The number of pyridine rings is 1. The molecule has 124 valence electrons. The van der Waals surface area contributed by atoms with E-state index in [2.05, 4.69) is 10.3 Å². The highest BCUT2D eigenvalue weighted by Gasteiger charge is 2.18. The van der Waals surface area contributed by atoms with Gasteiger partial charge in [0.15, 0.2) is 0 Å². The lowest BCUT2D eigenvalue weighted by Crippen LogP contribution is -2.31. The van der Waals surface area contributed by atoms with Crippen molar-refractivity contribution in [1.29, 1.82) is 0 Å². The number of rotatable bonds is 4. The van der Waals surface area contributed by atoms with Gasteiger partial charge in [0.1, 0.15) is 22.8 Å². The van der Waals surface area contributed by atoms with E-state index < -0.39 is 11.5 Å². The maximum atomic E-state index is 12.4. The standard InChI is InChI=1S/C18H18N2O4/c1-10-9-14(12(3)24-10)11(2)19-17(21)13-6-7-15(20-18(13)22)16-5-4-8-23-16/h4-9,11H,1-3H3,(H,19,21)(H,20,22)/t11-/m0/s1. The van der Waals surface area contributed by atoms with E-state index in [-0.39, 0.29) is 11.6 Å². The first-order chi connectivity index (χ1) is 11.5. The third-order valence-electron chi connectivity index (χ3n) is 3.83. The summed E-state index contributed by atoms with van der Waals surface area (Å²) in [6.45, 7) is 5.54. The zero-order chi connectivity index (χ0) is 17.3. The summed E-state index contributed by atoms with van der Waals surface area (Å²) < 4.78 is 10.7. The van der Waals surface area contributed by atoms with Crippen LogP contribution in [0, 0.1) is 13.8 Å². The zero-order valence-electron chi connectivity index (χ0n) is 13.7. The Balaban J connectivity index is 1.80. The summed E-state index contributed by atoms with van der Waals surface area (Å²) in [6, 6.07) is 8.21. The monoisotopic (exact) mass is 326 g/mol. The van der Waals surface area contributed by atoms with Crippen LogP contribution < -0.4 is 10.9 Å². The predicted octanol–water partition coefficient (Wildman–Crippen LogP) is 3.34. The molecule has 6 nitrogen and oxygen atoms in total. The van der Waals surface area contributed by atoms with Gasteiger partial charge in [-0.1, -0.05) is 0 Å². The number of hydrogen-bond acceptors (Lipinski definition) is 4. The summed E-state index contributed by atoms with van der Waals surface area (Å²) >= 11 is 0. The fourth-order valence-electron chi connectivity index (χ4n) is 2.66. The van der Waals surface area contributed by atoms with Gasteiger partial charge in [-0.15, -0.1) is 0 Å². The Labute approximate surface area is 138 Å². The van der Waals surface area contributed by atoms with E-state index in [1.807, 2.05) is 26.8 Å². The number of H-pyrrole nitrogens is 1. The SMILES string of the molecule is Cc1cc([C@H](C)NC(=O)c2ccc(-c3ccco3)[nH]c2=O)c(C)o1. The van der Waals surface area contributed by atoms with Gasteiger partial charge in [0.25, 0.3) is 11.5 Å². The molecule has 3 aromatic rings. The van der Waals surface area contributed by atoms with Gasteiger partial charge < -0.3 is 19.1 Å². The average molecular weight is 326 g/mol. The Hall–Kier alpha value is -3.02. The summed E-state index contributed by atoms with van der Waals surface area (Å²) in [6.07, 6.45) is 1.52. The number of aryl methyl sites for hydroxylation is 2. The fraction of sp³-hybridized carbons (Fsp3) is 0.222. The predicted molar refractivity (Wildman–Crippen MR) is 88.8 cm³/mol. The van der Waals surface area contributed by atoms with Crippen LogP contribution in [0.2, 0.25) is 0 Å². The van der Waals surface area contributed by atoms with Crippen molar-refractivity contribution in [2.75, 3.05) is 0 Å². The van der Waals surface area contributed by atoms with E-state index in [9.17, 15) is 9.59 Å². The van der Waals surface area contributed by atoms with E-state index in [1.54, 1.807) is 18.2 Å². The van der Waals surface area contributed by atoms with Gasteiger partial charge in [0, 0.05) is 5.56 Å². The summed E-state index contributed by atoms with van der Waals surface area (Å²) in [5.74, 6) is 1.64. The van der Waals surface area contributed by atoms with Crippen LogP contribution in [0.15, 0.2) is 50.2 Å². The van der Waals surface area contributed by atoms with Crippen molar-refractivity contribution in [3.05, 3.63) is 69.6 Å². The molecule has 0 radical (unpaired) electrons. The Bertz CT molecular complexity index is 919. The quantitative estimate of drug-likeness (QED) is 0.769. The minimum Gasteiger partial charge on any atom is -0.466 e. The molecule has 0 saturated heterocycles. The lowest BCUT2D eigenvalue weighted by atomic mass is 10.1. The second-order valence-corrected chi connectivity index (χ2v) is 5.66. The first kappa shape index (κ1) is 15.9. The van der Waals surface area contributed by atoms with Crippen molar-refractivity contribution < 1.29 is 13.6 Å². The zero-order valence-corrected chi connectivity index (χ0v) is 13.7. The highest BCUT2D eigenvalue weighted by atomic mass is 16.3. The number of aromatic nitrogens is 1. The molecular weight excluding hydrogens is 308 g/mol. The Kier molecular flexibility index (Phi) is 4.12. The molecule has 0 aromatic carbocycles. The third-order valence-corrected chi connectivity index (χ3v) is 3.83. The molecule has 2 N–H and O–H groups in total. The maximum Gasteiger partial charge on any atom is 0.261 e. The molecule has 6 heteroatoms. The molecule has 0 bridgehead atoms. The molecule has 1 atom stereocenters. The lowest BCUT2D eigenvalue weighted by molar-refractivity contribution is 0.0938. The molecule has 0 aliphatic carbocycles. The Morgan fingerprint density at radius 3 is 2.62 bits per heavy atom. The van der Waals surface area contributed by atoms with Gasteiger partial charge in [-0.05, 0) is 51.1 Å². The van der Waals surface area contributed by atoms with Crippen molar-refractivity contribution in [3.8, 4) is 11.5 Å². The number of aromatic amines is 1. The fourth-order valence-corrected chi connectivity index (χ4v) is 2.66. The molecule has 0 aliphatic rings. The summed E-state index contributed by atoms with van der Waals surface area (Å²) in [5.41, 5.74) is 1.00. The second-order valence-electron chi connectivity index (χ2n) is 5.66. The van der Waals surface area contributed by atoms with Crippen LogP contribution in [0.25, 0.3) is 11.5 Å². The van der Waals surface area contributed by atoms with Crippen LogP contribution in [-0.4, -0.2) is 10.9 Å². The normalized spacial score (nSPS) is 12.1. The first-order valence-electron chi connectivity index (χ1n) is 7.60. The number of nitrogens with one attached hydrogen (secondary N) is 2. The molecule has 3 heterocycles. The Morgan fingerprint density at radius 1 is 1.25 bits per heavy atom. The smallest absolute Gasteiger partial charge is 0.261 e. The Morgan fingerprint density at radius 2 is 2.04 bits per heavy atom. The van der Waals surface area contributed by atoms with Gasteiger partial charge in [-0.3, -0.25) is 9.59 Å². The van der Waals surface area contributed by atoms with E-state index in [1.165, 1.54) is 12.3 Å². The van der Waals surface area contributed by atoms with E-state index in [0.717, 1.165) is 17.1 Å². The second kappa shape index (κ2) is 6.23. The van der Waals surface area contributed by atoms with Crippen LogP contribution in [0.5, 0.6) is 0 Å². The van der Waals surface area contributed by atoms with Crippen molar-refractivity contribution in [2.24, 2.45) is 0 Å². The molecule has 0 spiro atoms. The number of hydrogen-bond donors (Lipinski definition) is 2. The molecule has 0 unspecified atom stereocenters. The van der Waals surface area contributed by atoms with Gasteiger partial charge in [-0.25, -0.2) is 0 Å². The van der Waals surface area contributed by atoms with E-state index in [0.29, 0.717) is 11.5 Å². The number of carbonyl (C=O) groups excluding carboxylic acids is 1. The van der Waals surface area contributed by atoms with Crippen molar-refractivity contribution in [2.45, 2.75) is 26.8 Å². The molecule has 0 saturated carbocycles. The molecule has 1 amide bonds. The minimum atomic E-state index is -0.464. The third kappa shape index (κ3) is 3.03. The summed E-state index contributed by atoms with van der Waals surface area (Å²) in [4.78, 5) is 27.2. The van der Waals surface area contributed by atoms with Crippen molar-refractivity contribution in [1.82, 2.24) is 10.3 Å². The van der Waals surface area contributed by atoms with Crippen molar-refractivity contribution >= 4 is 5.91 Å². The molecule has 0 aliphatic heterocycles. The number of furan rings is 2. The summed E-state index contributed by atoms with van der Waals surface area (Å²) in [5, 5.41) is 2.82. The van der Waals surface area contributed by atoms with Crippen LogP contribution >= 0.6 is 0 Å². The average Bonchev–Trinajstić information content (AvgIpc) is 3.16. The summed E-state index contributed by atoms with van der Waals surface area (Å²) in [7, 11) is 0.